The molecule has 2 aromatic carbocycles. The minimum Gasteiger partial charge on any atom is -0.492 e. The number of hydrogen-bond acceptors (Lipinski definition) is 3. The lowest BCUT2D eigenvalue weighted by Gasteiger charge is -2.13. The molecule has 0 saturated carbocycles. The number of carbonyl (C=O) groups excluding carboxylic acids is 1. The maximum absolute atomic E-state index is 13.4. The van der Waals surface area contributed by atoms with Crippen LogP contribution in [-0.2, 0) is 6.54 Å². The molecule has 0 fully saturated rings. The molecule has 0 saturated heterocycles. The average Bonchev–Trinajstić information content (AvgIpc) is 2.67. The molecule has 3 rings (SSSR count). The summed E-state index contributed by atoms with van der Waals surface area (Å²) in [6.45, 7) is 2.33. The molecule has 144 valence electrons. The molecule has 0 unspecified atom stereocenters. The number of halogens is 2. The maximum Gasteiger partial charge on any atom is 0.257 e. The summed E-state index contributed by atoms with van der Waals surface area (Å²) >= 11 is 6.16. The Balaban J connectivity index is 1.85. The van der Waals surface area contributed by atoms with Crippen LogP contribution < -0.4 is 15.6 Å². The van der Waals surface area contributed by atoms with Gasteiger partial charge in [-0.1, -0.05) is 29.8 Å². The highest BCUT2D eigenvalue weighted by Gasteiger charge is 2.13. The van der Waals surface area contributed by atoms with Gasteiger partial charge >= 0.3 is 0 Å². The number of aromatic nitrogens is 1. The summed E-state index contributed by atoms with van der Waals surface area (Å²) in [6, 6.07) is 13.8. The minimum absolute atomic E-state index is 0.236. The smallest absolute Gasteiger partial charge is 0.257 e. The standard InChI is InChI=1S/C21H18ClFN2O3/c1-2-28-19-11-16(23)8-9-18(19)24-21(27)15-7-10-20(26)25(13-15)12-14-5-3-4-6-17(14)22/h3-11,13H,2,12H2,1H3,(H,24,27). The van der Waals surface area contributed by atoms with Crippen molar-refractivity contribution in [3.63, 3.8) is 0 Å². The summed E-state index contributed by atoms with van der Waals surface area (Å²) in [5.41, 5.74) is 1.13. The van der Waals surface area contributed by atoms with Crippen molar-refractivity contribution in [3.05, 3.63) is 93.1 Å². The Hall–Kier alpha value is -3.12. The molecule has 28 heavy (non-hydrogen) atoms. The van der Waals surface area contributed by atoms with E-state index in [4.69, 9.17) is 16.3 Å². The summed E-state index contributed by atoms with van der Waals surface area (Å²) < 4.78 is 20.2. The van der Waals surface area contributed by atoms with Crippen molar-refractivity contribution in [2.24, 2.45) is 0 Å². The van der Waals surface area contributed by atoms with Crippen LogP contribution in [0, 0.1) is 5.82 Å². The van der Waals surface area contributed by atoms with E-state index < -0.39 is 11.7 Å². The van der Waals surface area contributed by atoms with E-state index in [1.54, 1.807) is 19.1 Å². The van der Waals surface area contributed by atoms with Gasteiger partial charge in [0.2, 0.25) is 0 Å². The predicted octanol–water partition coefficient (Wildman–Crippen LogP) is 4.34. The zero-order chi connectivity index (χ0) is 20.1. The SMILES string of the molecule is CCOc1cc(F)ccc1NC(=O)c1ccc(=O)n(Cc2ccccc2Cl)c1. The van der Waals surface area contributed by atoms with Crippen molar-refractivity contribution in [1.29, 1.82) is 0 Å². The molecular formula is C21H18ClFN2O3. The van der Waals surface area contributed by atoms with Crippen molar-refractivity contribution in [1.82, 2.24) is 4.57 Å². The van der Waals surface area contributed by atoms with Gasteiger partial charge in [0.25, 0.3) is 11.5 Å². The highest BCUT2D eigenvalue weighted by molar-refractivity contribution is 6.31. The Morgan fingerprint density at radius 3 is 2.71 bits per heavy atom. The van der Waals surface area contributed by atoms with Gasteiger partial charge in [0.15, 0.2) is 0 Å². The van der Waals surface area contributed by atoms with Gasteiger partial charge in [0.1, 0.15) is 11.6 Å². The van der Waals surface area contributed by atoms with Crippen LogP contribution in [-0.4, -0.2) is 17.1 Å². The molecule has 0 bridgehead atoms. The second kappa shape index (κ2) is 8.71. The number of amides is 1. The van der Waals surface area contributed by atoms with Gasteiger partial charge in [0, 0.05) is 23.4 Å². The van der Waals surface area contributed by atoms with Crippen molar-refractivity contribution in [2.75, 3.05) is 11.9 Å². The Bertz CT molecular complexity index is 1070. The molecule has 0 radical (unpaired) electrons. The summed E-state index contributed by atoms with van der Waals surface area (Å²) in [7, 11) is 0. The number of ether oxygens (including phenoxy) is 1. The van der Waals surface area contributed by atoms with E-state index in [-0.39, 0.29) is 23.4 Å². The van der Waals surface area contributed by atoms with Crippen LogP contribution in [0.15, 0.2) is 65.6 Å². The third-order valence-electron chi connectivity index (χ3n) is 4.04. The van der Waals surface area contributed by atoms with E-state index in [9.17, 15) is 14.0 Å². The van der Waals surface area contributed by atoms with Crippen LogP contribution in [0.5, 0.6) is 5.75 Å². The van der Waals surface area contributed by atoms with Crippen LogP contribution in [0.1, 0.15) is 22.8 Å². The van der Waals surface area contributed by atoms with Gasteiger partial charge in [-0.25, -0.2) is 4.39 Å². The monoisotopic (exact) mass is 400 g/mol. The van der Waals surface area contributed by atoms with Gasteiger partial charge in [-0.2, -0.15) is 0 Å². The lowest BCUT2D eigenvalue weighted by Crippen LogP contribution is -2.22. The number of nitrogens with one attached hydrogen (secondary N) is 1. The first-order chi connectivity index (χ1) is 13.5. The molecule has 0 aliphatic carbocycles. The zero-order valence-electron chi connectivity index (χ0n) is 15.1. The van der Waals surface area contributed by atoms with Crippen LogP contribution in [0.4, 0.5) is 10.1 Å². The fourth-order valence-corrected chi connectivity index (χ4v) is 2.86. The van der Waals surface area contributed by atoms with Gasteiger partial charge in [-0.15, -0.1) is 0 Å². The van der Waals surface area contributed by atoms with Crippen LogP contribution in [0.25, 0.3) is 0 Å². The molecule has 1 N–H and O–H groups in total. The number of rotatable bonds is 6. The molecule has 0 aliphatic rings. The molecular weight excluding hydrogens is 383 g/mol. The summed E-state index contributed by atoms with van der Waals surface area (Å²) in [4.78, 5) is 24.8. The number of carbonyl (C=O) groups is 1. The largest absolute Gasteiger partial charge is 0.492 e. The second-order valence-corrected chi connectivity index (χ2v) is 6.41. The number of nitrogens with zero attached hydrogens (tertiary/aromatic N) is 1. The number of hydrogen-bond donors (Lipinski definition) is 1. The zero-order valence-corrected chi connectivity index (χ0v) is 15.9. The van der Waals surface area contributed by atoms with Crippen molar-refractivity contribution in [2.45, 2.75) is 13.5 Å². The minimum atomic E-state index is -0.463. The van der Waals surface area contributed by atoms with Crippen molar-refractivity contribution in [3.8, 4) is 5.75 Å². The van der Waals surface area contributed by atoms with E-state index >= 15 is 0 Å². The maximum atomic E-state index is 13.4. The molecule has 0 aliphatic heterocycles. The van der Waals surface area contributed by atoms with Crippen LogP contribution in [0.3, 0.4) is 0 Å². The Labute approximate surface area is 166 Å². The lowest BCUT2D eigenvalue weighted by atomic mass is 10.2. The lowest BCUT2D eigenvalue weighted by molar-refractivity contribution is 0.102. The number of anilines is 1. The molecule has 7 heteroatoms. The molecule has 1 aromatic heterocycles. The third-order valence-corrected chi connectivity index (χ3v) is 4.40. The van der Waals surface area contributed by atoms with Crippen molar-refractivity contribution >= 4 is 23.2 Å². The Kier molecular flexibility index (Phi) is 6.11. The van der Waals surface area contributed by atoms with Gasteiger partial charge in [-0.3, -0.25) is 9.59 Å². The van der Waals surface area contributed by atoms with Gasteiger partial charge < -0.3 is 14.6 Å². The second-order valence-electron chi connectivity index (χ2n) is 6.00. The molecule has 0 atom stereocenters. The first-order valence-corrected chi connectivity index (χ1v) is 9.03. The van der Waals surface area contributed by atoms with Crippen LogP contribution in [0.2, 0.25) is 5.02 Å². The van der Waals surface area contributed by atoms with Crippen LogP contribution >= 0.6 is 11.6 Å². The molecule has 5 nitrogen and oxygen atoms in total. The Morgan fingerprint density at radius 1 is 1.18 bits per heavy atom. The summed E-state index contributed by atoms with van der Waals surface area (Å²) in [6.07, 6.45) is 1.46. The molecule has 1 amide bonds. The average molecular weight is 401 g/mol. The first kappa shape index (κ1) is 19.6. The highest BCUT2D eigenvalue weighted by Crippen LogP contribution is 2.26. The van der Waals surface area contributed by atoms with E-state index in [1.807, 2.05) is 12.1 Å². The summed E-state index contributed by atoms with van der Waals surface area (Å²) in [5.74, 6) is -0.671. The quantitative estimate of drug-likeness (QED) is 0.669. The first-order valence-electron chi connectivity index (χ1n) is 8.65. The highest BCUT2D eigenvalue weighted by atomic mass is 35.5. The Morgan fingerprint density at radius 2 is 1.96 bits per heavy atom. The van der Waals surface area contributed by atoms with E-state index in [1.165, 1.54) is 41.1 Å². The van der Waals surface area contributed by atoms with Gasteiger partial charge in [0.05, 0.1) is 24.4 Å². The number of pyridine rings is 1. The van der Waals surface area contributed by atoms with Gasteiger partial charge in [-0.05, 0) is 36.8 Å². The molecule has 1 heterocycles. The third kappa shape index (κ3) is 4.58. The van der Waals surface area contributed by atoms with E-state index in [0.29, 0.717) is 17.3 Å². The topological polar surface area (TPSA) is 60.3 Å². The van der Waals surface area contributed by atoms with Crippen molar-refractivity contribution < 1.29 is 13.9 Å². The fourth-order valence-electron chi connectivity index (χ4n) is 2.67. The normalized spacial score (nSPS) is 10.5. The predicted molar refractivity (Wildman–Crippen MR) is 107 cm³/mol. The van der Waals surface area contributed by atoms with E-state index in [0.717, 1.165) is 5.56 Å². The molecule has 0 spiro atoms. The van der Waals surface area contributed by atoms with E-state index in [2.05, 4.69) is 5.32 Å². The number of benzene rings is 2. The molecule has 3 aromatic rings. The fraction of sp³-hybridized carbons (Fsp3) is 0.143. The summed E-state index contributed by atoms with van der Waals surface area (Å²) in [5, 5.41) is 3.23.